The minimum atomic E-state index is -1.50. The lowest BCUT2D eigenvalue weighted by Crippen LogP contribution is -2.62. The average molecular weight is 739 g/mol. The molecule has 11 heteroatoms. The number of aliphatic hydroxyl groups excluding tert-OH is 6. The summed E-state index contributed by atoms with van der Waals surface area (Å²) in [5.74, 6) is 1.66. The van der Waals surface area contributed by atoms with Gasteiger partial charge in [-0.05, 0) is 106 Å². The molecule has 0 amide bonds. The second-order valence-electron chi connectivity index (χ2n) is 19.4. The smallest absolute Gasteiger partial charge is 0.187 e. The molecule has 7 N–H and O–H groups in total. The molecule has 11 nitrogen and oxygen atoms in total. The Morgan fingerprint density at radius 3 is 2.29 bits per heavy atom. The van der Waals surface area contributed by atoms with Crippen molar-refractivity contribution in [3.8, 4) is 0 Å². The van der Waals surface area contributed by atoms with Crippen molar-refractivity contribution in [2.45, 2.75) is 193 Å². The highest BCUT2D eigenvalue weighted by Gasteiger charge is 2.66. The third-order valence-corrected chi connectivity index (χ3v) is 15.8. The minimum absolute atomic E-state index is 0.0964. The van der Waals surface area contributed by atoms with E-state index in [1.165, 1.54) is 31.3 Å². The zero-order valence-electron chi connectivity index (χ0n) is 32.7. The zero-order valence-corrected chi connectivity index (χ0v) is 32.7. The van der Waals surface area contributed by atoms with Crippen LogP contribution in [0.25, 0.3) is 0 Å². The number of hydrogen-bond donors (Lipinski definition) is 7. The van der Waals surface area contributed by atoms with Crippen LogP contribution in [-0.4, -0.2) is 116 Å². The summed E-state index contributed by atoms with van der Waals surface area (Å²) in [5.41, 5.74) is 0.666. The molecule has 0 aromatic heterocycles. The van der Waals surface area contributed by atoms with E-state index >= 15 is 0 Å². The van der Waals surface area contributed by atoms with Gasteiger partial charge in [0.2, 0.25) is 0 Å². The van der Waals surface area contributed by atoms with Crippen LogP contribution < -0.4 is 0 Å². The van der Waals surface area contributed by atoms with Crippen LogP contribution in [0, 0.1) is 39.4 Å². The molecule has 0 spiro atoms. The lowest BCUT2D eigenvalue weighted by Gasteiger charge is -2.65. The molecule has 0 bridgehead atoms. The summed E-state index contributed by atoms with van der Waals surface area (Å²) in [6.07, 6.45) is 2.99. The van der Waals surface area contributed by atoms with Gasteiger partial charge in [0, 0.05) is 18.3 Å². The van der Waals surface area contributed by atoms with E-state index in [1.807, 2.05) is 0 Å². The first kappa shape index (κ1) is 40.9. The van der Waals surface area contributed by atoms with Gasteiger partial charge in [-0.25, -0.2) is 0 Å². The predicted octanol–water partition coefficient (Wildman–Crippen LogP) is 3.96. The molecule has 2 saturated heterocycles. The number of ether oxygens (including phenoxy) is 4. The minimum Gasteiger partial charge on any atom is -0.394 e. The van der Waals surface area contributed by atoms with Gasteiger partial charge in [0.25, 0.3) is 0 Å². The van der Waals surface area contributed by atoms with E-state index in [9.17, 15) is 35.7 Å². The fraction of sp³-hybridized carbons (Fsp3) is 0.951. The number of allylic oxidation sites excluding steroid dienone is 1. The molecule has 16 unspecified atom stereocenters. The standard InChI is InChI=1S/C41H70O11/c1-37(2)26-11-13-29-39(5,27(26)12-14-30(37)45)17-18-40(6)23(15-16-41(29,40)7)9-8-10-31(38(3,4)48)51-36-35(34(47)33(46)28(22-43)50-36)52-32-20-24(44)19-25(21-42)49-32/h11,23-25,27-36,42-48H,8-10,12-22H2,1-7H3. The van der Waals surface area contributed by atoms with Gasteiger partial charge in [-0.2, -0.15) is 0 Å². The van der Waals surface area contributed by atoms with Gasteiger partial charge < -0.3 is 54.7 Å². The maximum Gasteiger partial charge on any atom is 0.187 e. The Labute approximate surface area is 311 Å². The van der Waals surface area contributed by atoms with Crippen molar-refractivity contribution >= 4 is 0 Å². The SMILES string of the molecule is CC(C)(O)C(CCCC1CCC2(C)C3CC=C4C(CCC(O)C4(C)C)C3(C)CCC12C)OC1OC(CO)C(O)C(O)C1OC1CC(O)CC(CO)O1. The third-order valence-electron chi connectivity index (χ3n) is 15.8. The molecule has 300 valence electrons. The molecule has 2 heterocycles. The number of aliphatic hydroxyl groups is 7. The summed E-state index contributed by atoms with van der Waals surface area (Å²) < 4.78 is 24.3. The largest absolute Gasteiger partial charge is 0.394 e. The third kappa shape index (κ3) is 7.10. The van der Waals surface area contributed by atoms with E-state index in [-0.39, 0.29) is 47.2 Å². The van der Waals surface area contributed by atoms with E-state index in [0.29, 0.717) is 24.2 Å². The van der Waals surface area contributed by atoms with Crippen LogP contribution in [0.5, 0.6) is 0 Å². The van der Waals surface area contributed by atoms with Crippen molar-refractivity contribution in [1.82, 2.24) is 0 Å². The van der Waals surface area contributed by atoms with Crippen LogP contribution in [0.4, 0.5) is 0 Å². The molecule has 6 rings (SSSR count). The molecular formula is C41H70O11. The van der Waals surface area contributed by atoms with Crippen molar-refractivity contribution in [2.75, 3.05) is 13.2 Å². The highest BCUT2D eigenvalue weighted by atomic mass is 16.8. The molecule has 3 saturated carbocycles. The Hall–Kier alpha value is -0.700. The van der Waals surface area contributed by atoms with Gasteiger partial charge in [0.15, 0.2) is 12.6 Å². The monoisotopic (exact) mass is 738 g/mol. The summed E-state index contributed by atoms with van der Waals surface area (Å²) in [4.78, 5) is 0. The van der Waals surface area contributed by atoms with Crippen molar-refractivity contribution < 1.29 is 54.7 Å². The predicted molar refractivity (Wildman–Crippen MR) is 194 cm³/mol. The molecule has 52 heavy (non-hydrogen) atoms. The molecule has 0 aromatic rings. The van der Waals surface area contributed by atoms with Crippen molar-refractivity contribution in [2.24, 2.45) is 39.4 Å². The first-order valence-electron chi connectivity index (χ1n) is 20.3. The van der Waals surface area contributed by atoms with Crippen molar-refractivity contribution in [1.29, 1.82) is 0 Å². The average Bonchev–Trinajstić information content (AvgIpc) is 3.34. The molecule has 6 aliphatic rings. The van der Waals surface area contributed by atoms with Crippen LogP contribution in [-0.2, 0) is 18.9 Å². The Morgan fingerprint density at radius 1 is 0.885 bits per heavy atom. The Kier molecular flexibility index (Phi) is 11.8. The Morgan fingerprint density at radius 2 is 1.62 bits per heavy atom. The lowest BCUT2D eigenvalue weighted by molar-refractivity contribution is -0.357. The van der Waals surface area contributed by atoms with Crippen LogP contribution in [0.3, 0.4) is 0 Å². The van der Waals surface area contributed by atoms with Crippen molar-refractivity contribution in [3.05, 3.63) is 11.6 Å². The van der Waals surface area contributed by atoms with Gasteiger partial charge >= 0.3 is 0 Å². The highest BCUT2D eigenvalue weighted by Crippen LogP contribution is 2.74. The molecule has 5 fully saturated rings. The Balaban J connectivity index is 1.14. The van der Waals surface area contributed by atoms with E-state index in [1.54, 1.807) is 13.8 Å². The number of hydrogen-bond acceptors (Lipinski definition) is 11. The van der Waals surface area contributed by atoms with E-state index in [4.69, 9.17) is 18.9 Å². The van der Waals surface area contributed by atoms with E-state index < -0.39 is 67.5 Å². The van der Waals surface area contributed by atoms with Crippen LogP contribution in [0.1, 0.15) is 126 Å². The quantitative estimate of drug-likeness (QED) is 0.153. The summed E-state index contributed by atoms with van der Waals surface area (Å²) in [6, 6.07) is 0. The lowest BCUT2D eigenvalue weighted by atomic mass is 9.39. The fourth-order valence-electron chi connectivity index (χ4n) is 12.2. The normalized spacial score (nSPS) is 48.3. The maximum absolute atomic E-state index is 11.3. The number of fused-ring (bicyclic) bond motifs is 5. The summed E-state index contributed by atoms with van der Waals surface area (Å²) in [7, 11) is 0. The van der Waals surface area contributed by atoms with Crippen LogP contribution in [0.15, 0.2) is 11.6 Å². The summed E-state index contributed by atoms with van der Waals surface area (Å²) in [5, 5.41) is 74.0. The van der Waals surface area contributed by atoms with Gasteiger partial charge in [-0.3, -0.25) is 0 Å². The summed E-state index contributed by atoms with van der Waals surface area (Å²) in [6.45, 7) is 14.6. The van der Waals surface area contributed by atoms with E-state index in [2.05, 4.69) is 40.7 Å². The van der Waals surface area contributed by atoms with Crippen LogP contribution >= 0.6 is 0 Å². The number of rotatable bonds is 11. The summed E-state index contributed by atoms with van der Waals surface area (Å²) >= 11 is 0. The molecule has 16 atom stereocenters. The highest BCUT2D eigenvalue weighted by molar-refractivity contribution is 5.30. The Bertz CT molecular complexity index is 1270. The zero-order chi connectivity index (χ0) is 38.0. The first-order chi connectivity index (χ1) is 24.3. The molecule has 0 radical (unpaired) electrons. The fourth-order valence-corrected chi connectivity index (χ4v) is 12.2. The van der Waals surface area contributed by atoms with Gasteiger partial charge in [0.1, 0.15) is 24.4 Å². The molecule has 2 aliphatic heterocycles. The second-order valence-corrected chi connectivity index (χ2v) is 19.4. The van der Waals surface area contributed by atoms with Crippen LogP contribution in [0.2, 0.25) is 0 Å². The molecule has 4 aliphatic carbocycles. The van der Waals surface area contributed by atoms with Gasteiger partial charge in [-0.15, -0.1) is 0 Å². The second kappa shape index (κ2) is 15.0. The first-order valence-corrected chi connectivity index (χ1v) is 20.3. The maximum atomic E-state index is 11.3. The topological polar surface area (TPSA) is 179 Å². The van der Waals surface area contributed by atoms with Gasteiger partial charge in [0.05, 0.1) is 43.2 Å². The van der Waals surface area contributed by atoms with E-state index in [0.717, 1.165) is 32.1 Å². The molecular weight excluding hydrogens is 668 g/mol. The molecule has 0 aromatic carbocycles. The van der Waals surface area contributed by atoms with Crippen molar-refractivity contribution in [3.63, 3.8) is 0 Å². The van der Waals surface area contributed by atoms with Gasteiger partial charge in [-0.1, -0.05) is 52.7 Å².